The SMILES string of the molecule is Cc1cc(C)nc(N2CCC[C@@H]2c2cccnc2)n1. The predicted octanol–water partition coefficient (Wildman–Crippen LogP) is 2.83. The Kier molecular flexibility index (Phi) is 3.15. The lowest BCUT2D eigenvalue weighted by Crippen LogP contribution is -2.25. The topological polar surface area (TPSA) is 41.9 Å². The van der Waals surface area contributed by atoms with Crippen molar-refractivity contribution >= 4 is 5.95 Å². The van der Waals surface area contributed by atoms with Crippen LogP contribution in [-0.2, 0) is 0 Å². The van der Waals surface area contributed by atoms with Gasteiger partial charge in [-0.15, -0.1) is 0 Å². The Hall–Kier alpha value is -1.97. The molecule has 0 saturated carbocycles. The first kappa shape index (κ1) is 12.1. The second kappa shape index (κ2) is 4.96. The molecule has 0 unspecified atom stereocenters. The molecule has 0 N–H and O–H groups in total. The molecule has 98 valence electrons. The van der Waals surface area contributed by atoms with Gasteiger partial charge in [0, 0.05) is 30.3 Å². The first-order chi connectivity index (χ1) is 9.24. The van der Waals surface area contributed by atoms with E-state index in [4.69, 9.17) is 0 Å². The zero-order chi connectivity index (χ0) is 13.2. The van der Waals surface area contributed by atoms with Gasteiger partial charge in [-0.3, -0.25) is 4.98 Å². The quantitative estimate of drug-likeness (QED) is 0.826. The summed E-state index contributed by atoms with van der Waals surface area (Å²) in [7, 11) is 0. The number of aromatic nitrogens is 3. The maximum Gasteiger partial charge on any atom is 0.226 e. The lowest BCUT2D eigenvalue weighted by Gasteiger charge is -2.25. The fraction of sp³-hybridized carbons (Fsp3) is 0.400. The minimum absolute atomic E-state index is 0.356. The third-order valence-corrected chi connectivity index (χ3v) is 3.55. The van der Waals surface area contributed by atoms with Crippen LogP contribution in [0.4, 0.5) is 5.95 Å². The van der Waals surface area contributed by atoms with Crippen molar-refractivity contribution in [3.8, 4) is 0 Å². The number of nitrogens with zero attached hydrogens (tertiary/aromatic N) is 4. The van der Waals surface area contributed by atoms with E-state index < -0.39 is 0 Å². The molecule has 1 fully saturated rings. The highest BCUT2D eigenvalue weighted by molar-refractivity contribution is 5.39. The van der Waals surface area contributed by atoms with E-state index in [2.05, 4.69) is 25.9 Å². The van der Waals surface area contributed by atoms with Gasteiger partial charge in [0.25, 0.3) is 0 Å². The fourth-order valence-electron chi connectivity index (χ4n) is 2.76. The molecule has 0 spiro atoms. The monoisotopic (exact) mass is 254 g/mol. The number of aryl methyl sites for hydroxylation is 2. The Morgan fingerprint density at radius 2 is 2.00 bits per heavy atom. The van der Waals surface area contributed by atoms with Gasteiger partial charge < -0.3 is 4.90 Å². The predicted molar refractivity (Wildman–Crippen MR) is 75.1 cm³/mol. The van der Waals surface area contributed by atoms with Crippen LogP contribution < -0.4 is 4.90 Å². The van der Waals surface area contributed by atoms with Crippen LogP contribution in [0, 0.1) is 13.8 Å². The molecule has 19 heavy (non-hydrogen) atoms. The van der Waals surface area contributed by atoms with Crippen molar-refractivity contribution in [2.45, 2.75) is 32.7 Å². The molecule has 0 aliphatic carbocycles. The van der Waals surface area contributed by atoms with Gasteiger partial charge in [0.15, 0.2) is 0 Å². The molecule has 1 aliphatic rings. The van der Waals surface area contributed by atoms with Crippen LogP contribution in [0.1, 0.15) is 35.8 Å². The minimum Gasteiger partial charge on any atom is -0.334 e. The Balaban J connectivity index is 1.95. The molecule has 2 aromatic rings. The number of hydrogen-bond donors (Lipinski definition) is 0. The van der Waals surface area contributed by atoms with E-state index in [0.717, 1.165) is 30.3 Å². The van der Waals surface area contributed by atoms with Gasteiger partial charge in [0.2, 0.25) is 5.95 Å². The highest BCUT2D eigenvalue weighted by Crippen LogP contribution is 2.34. The lowest BCUT2D eigenvalue weighted by atomic mass is 10.1. The van der Waals surface area contributed by atoms with Crippen molar-refractivity contribution in [2.75, 3.05) is 11.4 Å². The van der Waals surface area contributed by atoms with Gasteiger partial charge in [-0.1, -0.05) is 6.07 Å². The average Bonchev–Trinajstić information content (AvgIpc) is 2.88. The first-order valence-electron chi connectivity index (χ1n) is 6.73. The summed E-state index contributed by atoms with van der Waals surface area (Å²) < 4.78 is 0. The lowest BCUT2D eigenvalue weighted by molar-refractivity contribution is 0.695. The summed E-state index contributed by atoms with van der Waals surface area (Å²) in [5, 5.41) is 0. The summed E-state index contributed by atoms with van der Waals surface area (Å²) in [6.07, 6.45) is 6.08. The standard InChI is InChI=1S/C15H18N4/c1-11-9-12(2)18-15(17-11)19-8-4-6-14(19)13-5-3-7-16-10-13/h3,5,7,9-10,14H,4,6,8H2,1-2H3/t14-/m1/s1. The van der Waals surface area contributed by atoms with E-state index >= 15 is 0 Å². The molecule has 3 rings (SSSR count). The highest BCUT2D eigenvalue weighted by Gasteiger charge is 2.28. The number of rotatable bonds is 2. The Labute approximate surface area is 113 Å². The Bertz CT molecular complexity index is 547. The van der Waals surface area contributed by atoms with Crippen LogP contribution in [0.25, 0.3) is 0 Å². The molecule has 4 heteroatoms. The molecule has 3 heterocycles. The summed E-state index contributed by atoms with van der Waals surface area (Å²) in [4.78, 5) is 15.7. The maximum absolute atomic E-state index is 4.59. The largest absolute Gasteiger partial charge is 0.334 e. The minimum atomic E-state index is 0.356. The summed E-state index contributed by atoms with van der Waals surface area (Å²) in [5.74, 6) is 0.851. The van der Waals surface area contributed by atoms with Crippen LogP contribution in [-0.4, -0.2) is 21.5 Å². The molecular formula is C15H18N4. The summed E-state index contributed by atoms with van der Waals surface area (Å²) in [6, 6.07) is 6.50. The van der Waals surface area contributed by atoms with Crippen molar-refractivity contribution < 1.29 is 0 Å². The fourth-order valence-corrected chi connectivity index (χ4v) is 2.76. The molecule has 0 aromatic carbocycles. The molecule has 0 amide bonds. The van der Waals surface area contributed by atoms with Crippen molar-refractivity contribution in [3.05, 3.63) is 47.5 Å². The van der Waals surface area contributed by atoms with E-state index in [1.54, 1.807) is 0 Å². The summed E-state index contributed by atoms with van der Waals surface area (Å²) >= 11 is 0. The molecule has 1 aliphatic heterocycles. The number of pyridine rings is 1. The van der Waals surface area contributed by atoms with Gasteiger partial charge in [-0.05, 0) is 44.4 Å². The second-order valence-electron chi connectivity index (χ2n) is 5.09. The van der Waals surface area contributed by atoms with Crippen LogP contribution >= 0.6 is 0 Å². The molecule has 0 radical (unpaired) electrons. The van der Waals surface area contributed by atoms with Crippen molar-refractivity contribution in [3.63, 3.8) is 0 Å². The van der Waals surface area contributed by atoms with E-state index in [-0.39, 0.29) is 0 Å². The van der Waals surface area contributed by atoms with Crippen molar-refractivity contribution in [1.82, 2.24) is 15.0 Å². The Morgan fingerprint density at radius 3 is 2.68 bits per heavy atom. The van der Waals surface area contributed by atoms with E-state index in [9.17, 15) is 0 Å². The number of hydrogen-bond acceptors (Lipinski definition) is 4. The van der Waals surface area contributed by atoms with Crippen LogP contribution in [0.15, 0.2) is 30.6 Å². The third kappa shape index (κ3) is 2.43. The van der Waals surface area contributed by atoms with Crippen LogP contribution in [0.2, 0.25) is 0 Å². The first-order valence-corrected chi connectivity index (χ1v) is 6.73. The molecule has 1 saturated heterocycles. The highest BCUT2D eigenvalue weighted by atomic mass is 15.3. The van der Waals surface area contributed by atoms with E-state index in [0.29, 0.717) is 6.04 Å². The second-order valence-corrected chi connectivity index (χ2v) is 5.09. The van der Waals surface area contributed by atoms with E-state index in [1.165, 1.54) is 12.0 Å². The molecule has 4 nitrogen and oxygen atoms in total. The van der Waals surface area contributed by atoms with Crippen LogP contribution in [0.5, 0.6) is 0 Å². The van der Waals surface area contributed by atoms with Crippen molar-refractivity contribution in [2.24, 2.45) is 0 Å². The molecular weight excluding hydrogens is 236 g/mol. The normalized spacial score (nSPS) is 18.8. The average molecular weight is 254 g/mol. The van der Waals surface area contributed by atoms with Crippen molar-refractivity contribution in [1.29, 1.82) is 0 Å². The molecule has 2 aromatic heterocycles. The van der Waals surface area contributed by atoms with Gasteiger partial charge >= 0.3 is 0 Å². The van der Waals surface area contributed by atoms with Gasteiger partial charge in [-0.2, -0.15) is 0 Å². The zero-order valence-corrected chi connectivity index (χ0v) is 11.4. The Morgan fingerprint density at radius 1 is 1.21 bits per heavy atom. The number of anilines is 1. The third-order valence-electron chi connectivity index (χ3n) is 3.55. The van der Waals surface area contributed by atoms with Gasteiger partial charge in [0.1, 0.15) is 0 Å². The maximum atomic E-state index is 4.59. The summed E-state index contributed by atoms with van der Waals surface area (Å²) in [6.45, 7) is 5.06. The van der Waals surface area contributed by atoms with Gasteiger partial charge in [0.05, 0.1) is 6.04 Å². The smallest absolute Gasteiger partial charge is 0.226 e. The summed E-state index contributed by atoms with van der Waals surface area (Å²) in [5.41, 5.74) is 3.31. The van der Waals surface area contributed by atoms with Gasteiger partial charge in [-0.25, -0.2) is 9.97 Å². The molecule has 1 atom stereocenters. The zero-order valence-electron chi connectivity index (χ0n) is 11.4. The molecule has 0 bridgehead atoms. The van der Waals surface area contributed by atoms with E-state index in [1.807, 2.05) is 38.4 Å². The van der Waals surface area contributed by atoms with Crippen LogP contribution in [0.3, 0.4) is 0 Å².